The van der Waals surface area contributed by atoms with E-state index in [1.807, 2.05) is 30.3 Å². The summed E-state index contributed by atoms with van der Waals surface area (Å²) in [6.07, 6.45) is 0. The summed E-state index contributed by atoms with van der Waals surface area (Å²) in [5, 5.41) is 0.367. The van der Waals surface area contributed by atoms with Crippen molar-refractivity contribution in [2.75, 3.05) is 7.05 Å². The predicted molar refractivity (Wildman–Crippen MR) is 84.4 cm³/mol. The van der Waals surface area contributed by atoms with Crippen molar-refractivity contribution in [3.05, 3.63) is 64.7 Å². The predicted octanol–water partition coefficient (Wildman–Crippen LogP) is 2.62. The van der Waals surface area contributed by atoms with E-state index in [9.17, 15) is 8.42 Å². The van der Waals surface area contributed by atoms with Crippen LogP contribution in [-0.2, 0) is 23.1 Å². The van der Waals surface area contributed by atoms with Crippen LogP contribution in [0.3, 0.4) is 0 Å². The molecule has 0 aromatic heterocycles. The first-order valence-electron chi connectivity index (χ1n) is 6.44. The summed E-state index contributed by atoms with van der Waals surface area (Å²) in [7, 11) is -2.03. The van der Waals surface area contributed by atoms with E-state index in [-0.39, 0.29) is 11.4 Å². The van der Waals surface area contributed by atoms with Crippen molar-refractivity contribution in [2.24, 2.45) is 5.73 Å². The number of nitrogens with two attached hydrogens (primary N) is 1. The molecule has 0 amide bonds. The molecule has 0 aliphatic carbocycles. The van der Waals surface area contributed by atoms with E-state index in [1.165, 1.54) is 16.4 Å². The van der Waals surface area contributed by atoms with Crippen LogP contribution in [0.4, 0.5) is 0 Å². The lowest BCUT2D eigenvalue weighted by atomic mass is 10.2. The van der Waals surface area contributed by atoms with Crippen molar-refractivity contribution >= 4 is 21.6 Å². The van der Waals surface area contributed by atoms with Gasteiger partial charge in [-0.25, -0.2) is 8.42 Å². The Morgan fingerprint density at radius 1 is 1.14 bits per heavy atom. The number of hydrogen-bond acceptors (Lipinski definition) is 3. The highest BCUT2D eigenvalue weighted by atomic mass is 35.5. The second-order valence-electron chi connectivity index (χ2n) is 4.70. The molecule has 0 fully saturated rings. The maximum absolute atomic E-state index is 12.5. The molecule has 0 radical (unpaired) electrons. The van der Waals surface area contributed by atoms with E-state index >= 15 is 0 Å². The zero-order chi connectivity index (χ0) is 15.5. The highest BCUT2D eigenvalue weighted by Crippen LogP contribution is 2.23. The maximum Gasteiger partial charge on any atom is 0.243 e. The summed E-state index contributed by atoms with van der Waals surface area (Å²) in [5.41, 5.74) is 7.18. The number of hydrogen-bond donors (Lipinski definition) is 1. The SMILES string of the molecule is CN(Cc1ccccc1)S(=O)(=O)c1ccc(CN)c(Cl)c1. The molecule has 0 unspecified atom stereocenters. The Hall–Kier alpha value is -1.40. The lowest BCUT2D eigenvalue weighted by molar-refractivity contribution is 0.466. The van der Waals surface area contributed by atoms with Crippen LogP contribution in [0.5, 0.6) is 0 Å². The number of halogens is 1. The van der Waals surface area contributed by atoms with Crippen molar-refractivity contribution in [2.45, 2.75) is 18.0 Å². The van der Waals surface area contributed by atoms with Crippen molar-refractivity contribution in [1.82, 2.24) is 4.31 Å². The van der Waals surface area contributed by atoms with Crippen molar-refractivity contribution in [1.29, 1.82) is 0 Å². The Balaban J connectivity index is 2.27. The van der Waals surface area contributed by atoms with Crippen LogP contribution in [0.15, 0.2) is 53.4 Å². The molecule has 0 atom stereocenters. The van der Waals surface area contributed by atoms with Crippen LogP contribution in [0.2, 0.25) is 5.02 Å². The highest BCUT2D eigenvalue weighted by molar-refractivity contribution is 7.89. The monoisotopic (exact) mass is 324 g/mol. The van der Waals surface area contributed by atoms with E-state index in [2.05, 4.69) is 0 Å². The van der Waals surface area contributed by atoms with Gasteiger partial charge in [0.2, 0.25) is 10.0 Å². The molecule has 6 heteroatoms. The molecule has 2 aromatic carbocycles. The lowest BCUT2D eigenvalue weighted by Crippen LogP contribution is -2.26. The van der Waals surface area contributed by atoms with Gasteiger partial charge in [0, 0.05) is 25.2 Å². The molecule has 2 rings (SSSR count). The van der Waals surface area contributed by atoms with Crippen LogP contribution in [0.1, 0.15) is 11.1 Å². The van der Waals surface area contributed by atoms with Gasteiger partial charge in [0.15, 0.2) is 0 Å². The molecule has 4 nitrogen and oxygen atoms in total. The van der Waals surface area contributed by atoms with Gasteiger partial charge in [-0.3, -0.25) is 0 Å². The second kappa shape index (κ2) is 6.58. The number of nitrogens with zero attached hydrogens (tertiary/aromatic N) is 1. The molecule has 0 heterocycles. The fourth-order valence-electron chi connectivity index (χ4n) is 1.96. The Kier molecular flexibility index (Phi) is 5.00. The summed E-state index contributed by atoms with van der Waals surface area (Å²) in [6, 6.07) is 14.0. The standard InChI is InChI=1S/C15H17ClN2O2S/c1-18(11-12-5-3-2-4-6-12)21(19,20)14-8-7-13(10-17)15(16)9-14/h2-9H,10-11,17H2,1H3. The summed E-state index contributed by atoms with van der Waals surface area (Å²) >= 11 is 6.04. The molecular formula is C15H17ClN2O2S. The van der Waals surface area contributed by atoms with Crippen LogP contribution in [0.25, 0.3) is 0 Å². The fraction of sp³-hybridized carbons (Fsp3) is 0.200. The Labute approximate surface area is 130 Å². The number of benzene rings is 2. The van der Waals surface area contributed by atoms with Gasteiger partial charge in [-0.1, -0.05) is 48.0 Å². The fourth-order valence-corrected chi connectivity index (χ4v) is 3.47. The van der Waals surface area contributed by atoms with Crippen molar-refractivity contribution in [3.63, 3.8) is 0 Å². The van der Waals surface area contributed by atoms with E-state index in [4.69, 9.17) is 17.3 Å². The van der Waals surface area contributed by atoms with Crippen molar-refractivity contribution < 1.29 is 8.42 Å². The molecule has 112 valence electrons. The Morgan fingerprint density at radius 2 is 1.81 bits per heavy atom. The van der Waals surface area contributed by atoms with Crippen LogP contribution in [-0.4, -0.2) is 19.8 Å². The van der Waals surface area contributed by atoms with E-state index < -0.39 is 10.0 Å². The topological polar surface area (TPSA) is 63.4 Å². The molecule has 21 heavy (non-hydrogen) atoms. The lowest BCUT2D eigenvalue weighted by Gasteiger charge is -2.18. The third kappa shape index (κ3) is 3.63. The molecular weight excluding hydrogens is 308 g/mol. The molecule has 0 aliphatic heterocycles. The number of sulfonamides is 1. The molecule has 0 spiro atoms. The largest absolute Gasteiger partial charge is 0.326 e. The first kappa shape index (κ1) is 16.0. The third-order valence-corrected chi connectivity index (χ3v) is 5.35. The third-order valence-electron chi connectivity index (χ3n) is 3.20. The average molecular weight is 325 g/mol. The zero-order valence-corrected chi connectivity index (χ0v) is 13.2. The minimum absolute atomic E-state index is 0.170. The maximum atomic E-state index is 12.5. The average Bonchev–Trinajstić information content (AvgIpc) is 2.48. The molecule has 0 saturated carbocycles. The molecule has 0 aliphatic rings. The normalized spacial score (nSPS) is 11.8. The molecule has 2 N–H and O–H groups in total. The van der Waals surface area contributed by atoms with Gasteiger partial charge in [0.25, 0.3) is 0 Å². The smallest absolute Gasteiger partial charge is 0.243 e. The molecule has 2 aromatic rings. The highest BCUT2D eigenvalue weighted by Gasteiger charge is 2.21. The van der Waals surface area contributed by atoms with Gasteiger partial charge in [0.1, 0.15) is 0 Å². The minimum Gasteiger partial charge on any atom is -0.326 e. The van der Waals surface area contributed by atoms with Gasteiger partial charge in [-0.05, 0) is 23.3 Å². The number of rotatable bonds is 5. The van der Waals surface area contributed by atoms with Gasteiger partial charge >= 0.3 is 0 Å². The Morgan fingerprint density at radius 3 is 2.38 bits per heavy atom. The first-order valence-corrected chi connectivity index (χ1v) is 8.25. The van der Waals surface area contributed by atoms with E-state index in [1.54, 1.807) is 13.1 Å². The van der Waals surface area contributed by atoms with Gasteiger partial charge in [0.05, 0.1) is 4.90 Å². The van der Waals surface area contributed by atoms with E-state index in [0.717, 1.165) is 11.1 Å². The Bertz CT molecular complexity index is 718. The summed E-state index contributed by atoms with van der Waals surface area (Å²) in [6.45, 7) is 0.582. The van der Waals surface area contributed by atoms with Crippen LogP contribution >= 0.6 is 11.6 Å². The quantitative estimate of drug-likeness (QED) is 0.919. The zero-order valence-electron chi connectivity index (χ0n) is 11.7. The molecule has 0 saturated heterocycles. The minimum atomic E-state index is -3.58. The van der Waals surface area contributed by atoms with E-state index in [0.29, 0.717) is 11.6 Å². The first-order chi connectivity index (χ1) is 9.95. The van der Waals surface area contributed by atoms with Gasteiger partial charge < -0.3 is 5.73 Å². The summed E-state index contributed by atoms with van der Waals surface area (Å²) in [5.74, 6) is 0. The second-order valence-corrected chi connectivity index (χ2v) is 7.16. The summed E-state index contributed by atoms with van der Waals surface area (Å²) in [4.78, 5) is 0.170. The van der Waals surface area contributed by atoms with Crippen LogP contribution < -0.4 is 5.73 Å². The summed E-state index contributed by atoms with van der Waals surface area (Å²) < 4.78 is 26.4. The van der Waals surface area contributed by atoms with Crippen LogP contribution in [0, 0.1) is 0 Å². The molecule has 0 bridgehead atoms. The van der Waals surface area contributed by atoms with Crippen molar-refractivity contribution in [3.8, 4) is 0 Å². The van der Waals surface area contributed by atoms with Gasteiger partial charge in [-0.2, -0.15) is 4.31 Å². The van der Waals surface area contributed by atoms with Gasteiger partial charge in [-0.15, -0.1) is 0 Å².